The van der Waals surface area contributed by atoms with Crippen LogP contribution in [0.5, 0.6) is 11.5 Å². The Hall–Kier alpha value is -1.55. The molecule has 0 spiro atoms. The van der Waals surface area contributed by atoms with Gasteiger partial charge in [0.1, 0.15) is 17.3 Å². The summed E-state index contributed by atoms with van der Waals surface area (Å²) >= 11 is 3.59. The van der Waals surface area contributed by atoms with E-state index in [0.29, 0.717) is 17.9 Å². The number of alkyl halides is 1. The van der Waals surface area contributed by atoms with Crippen LogP contribution in [-0.4, -0.2) is 13.7 Å². The second-order valence-corrected chi connectivity index (χ2v) is 5.64. The lowest BCUT2D eigenvalue weighted by Crippen LogP contribution is -2.02. The number of rotatable bonds is 5. The molecule has 1 unspecified atom stereocenters. The monoisotopic (exact) mass is 352 g/mol. The lowest BCUT2D eigenvalue weighted by Gasteiger charge is -2.17. The number of ether oxygens (including phenoxy) is 2. The Labute approximate surface area is 133 Å². The molecule has 0 aliphatic carbocycles. The molecule has 0 fully saturated rings. The summed E-state index contributed by atoms with van der Waals surface area (Å²) in [5.74, 6) is 0.964. The Morgan fingerprint density at radius 2 is 1.90 bits per heavy atom. The summed E-state index contributed by atoms with van der Waals surface area (Å²) in [4.78, 5) is -0.273. The molecule has 4 heteroatoms. The van der Waals surface area contributed by atoms with E-state index in [9.17, 15) is 4.39 Å². The zero-order valence-electron chi connectivity index (χ0n) is 12.3. The van der Waals surface area contributed by atoms with Crippen LogP contribution < -0.4 is 9.47 Å². The van der Waals surface area contributed by atoms with E-state index in [1.165, 1.54) is 13.2 Å². The predicted molar refractivity (Wildman–Crippen MR) is 86.1 cm³/mol. The highest BCUT2D eigenvalue weighted by atomic mass is 79.9. The molecule has 0 aliphatic rings. The highest BCUT2D eigenvalue weighted by Crippen LogP contribution is 2.39. The summed E-state index contributed by atoms with van der Waals surface area (Å²) in [5.41, 5.74) is 2.58. The van der Waals surface area contributed by atoms with Crippen molar-refractivity contribution in [1.82, 2.24) is 0 Å². The zero-order chi connectivity index (χ0) is 15.4. The molecule has 21 heavy (non-hydrogen) atoms. The third-order valence-electron chi connectivity index (χ3n) is 3.22. The molecular weight excluding hydrogens is 335 g/mol. The van der Waals surface area contributed by atoms with Crippen LogP contribution in [-0.2, 0) is 0 Å². The molecule has 0 aliphatic heterocycles. The van der Waals surface area contributed by atoms with Crippen molar-refractivity contribution < 1.29 is 13.9 Å². The van der Waals surface area contributed by atoms with Gasteiger partial charge in [0.2, 0.25) is 0 Å². The molecule has 2 aromatic rings. The lowest BCUT2D eigenvalue weighted by molar-refractivity contribution is 0.337. The first-order valence-electron chi connectivity index (χ1n) is 6.77. The fourth-order valence-corrected chi connectivity index (χ4v) is 2.89. The Morgan fingerprint density at radius 3 is 2.52 bits per heavy atom. The van der Waals surface area contributed by atoms with Crippen LogP contribution in [0.15, 0.2) is 36.4 Å². The minimum Gasteiger partial charge on any atom is -0.497 e. The summed E-state index contributed by atoms with van der Waals surface area (Å²) in [6.45, 7) is 4.50. The first-order valence-corrected chi connectivity index (χ1v) is 7.69. The van der Waals surface area contributed by atoms with Gasteiger partial charge in [-0.1, -0.05) is 39.7 Å². The van der Waals surface area contributed by atoms with Crippen molar-refractivity contribution in [2.24, 2.45) is 0 Å². The van der Waals surface area contributed by atoms with Gasteiger partial charge in [-0.05, 0) is 26.0 Å². The van der Waals surface area contributed by atoms with Gasteiger partial charge in [-0.2, -0.15) is 0 Å². The van der Waals surface area contributed by atoms with Gasteiger partial charge in [-0.3, -0.25) is 0 Å². The predicted octanol–water partition coefficient (Wildman–Crippen LogP) is 5.03. The van der Waals surface area contributed by atoms with Crippen molar-refractivity contribution in [2.75, 3.05) is 13.7 Å². The second-order valence-electron chi connectivity index (χ2n) is 4.72. The molecule has 1 atom stereocenters. The quantitative estimate of drug-likeness (QED) is 0.703. The highest BCUT2D eigenvalue weighted by Gasteiger charge is 2.19. The molecular formula is C17H18BrFO2. The Balaban J connectivity index is 2.43. The van der Waals surface area contributed by atoms with E-state index in [4.69, 9.17) is 9.47 Å². The normalized spacial score (nSPS) is 12.0. The van der Waals surface area contributed by atoms with Crippen LogP contribution in [0.3, 0.4) is 0 Å². The van der Waals surface area contributed by atoms with Crippen LogP contribution in [0.1, 0.15) is 28.4 Å². The Bertz CT molecular complexity index is 628. The minimum atomic E-state index is -0.305. The van der Waals surface area contributed by atoms with E-state index in [1.54, 1.807) is 12.1 Å². The summed E-state index contributed by atoms with van der Waals surface area (Å²) < 4.78 is 24.9. The lowest BCUT2D eigenvalue weighted by atomic mass is 10.0. The van der Waals surface area contributed by atoms with E-state index >= 15 is 0 Å². The molecule has 2 aromatic carbocycles. The maximum Gasteiger partial charge on any atom is 0.131 e. The maximum atomic E-state index is 14.2. The van der Waals surface area contributed by atoms with Gasteiger partial charge in [0, 0.05) is 17.2 Å². The summed E-state index contributed by atoms with van der Waals surface area (Å²) in [6.07, 6.45) is 0. The van der Waals surface area contributed by atoms with Crippen LogP contribution in [0.25, 0.3) is 0 Å². The van der Waals surface area contributed by atoms with Gasteiger partial charge >= 0.3 is 0 Å². The van der Waals surface area contributed by atoms with Crippen LogP contribution in [0.4, 0.5) is 4.39 Å². The number of methoxy groups -OCH3 is 1. The first kappa shape index (κ1) is 15.8. The smallest absolute Gasteiger partial charge is 0.131 e. The van der Waals surface area contributed by atoms with Crippen LogP contribution in [0.2, 0.25) is 0 Å². The molecule has 0 bridgehead atoms. The van der Waals surface area contributed by atoms with E-state index < -0.39 is 0 Å². The molecule has 2 nitrogen and oxygen atoms in total. The molecule has 112 valence electrons. The highest BCUT2D eigenvalue weighted by molar-refractivity contribution is 9.09. The van der Waals surface area contributed by atoms with Crippen LogP contribution >= 0.6 is 15.9 Å². The summed E-state index contributed by atoms with van der Waals surface area (Å²) in [5, 5.41) is 0. The zero-order valence-corrected chi connectivity index (χ0v) is 13.9. The SMILES string of the molecule is CCOc1ccc(C)cc1C(Br)c1ccc(OC)cc1F. The third kappa shape index (κ3) is 3.56. The largest absolute Gasteiger partial charge is 0.497 e. The average Bonchev–Trinajstić information content (AvgIpc) is 2.48. The molecule has 0 aromatic heterocycles. The minimum absolute atomic E-state index is 0.273. The average molecular weight is 353 g/mol. The van der Waals surface area contributed by atoms with Crippen molar-refractivity contribution in [3.8, 4) is 11.5 Å². The van der Waals surface area contributed by atoms with E-state index in [0.717, 1.165) is 16.9 Å². The molecule has 2 rings (SSSR count). The van der Waals surface area contributed by atoms with E-state index in [1.807, 2.05) is 32.0 Å². The number of benzene rings is 2. The molecule has 0 amide bonds. The van der Waals surface area contributed by atoms with Crippen LogP contribution in [0, 0.1) is 12.7 Å². The fourth-order valence-electron chi connectivity index (χ4n) is 2.16. The number of halogens is 2. The van der Waals surface area contributed by atoms with Crippen molar-refractivity contribution in [1.29, 1.82) is 0 Å². The van der Waals surface area contributed by atoms with Crippen molar-refractivity contribution >= 4 is 15.9 Å². The number of aryl methyl sites for hydroxylation is 1. The Morgan fingerprint density at radius 1 is 1.14 bits per heavy atom. The number of hydrogen-bond donors (Lipinski definition) is 0. The first-order chi connectivity index (χ1) is 10.1. The van der Waals surface area contributed by atoms with Gasteiger partial charge in [0.25, 0.3) is 0 Å². The summed E-state index contributed by atoms with van der Waals surface area (Å²) in [6, 6.07) is 10.8. The molecule has 0 radical (unpaired) electrons. The van der Waals surface area contributed by atoms with Gasteiger partial charge < -0.3 is 9.47 Å². The maximum absolute atomic E-state index is 14.2. The standard InChI is InChI=1S/C17H18BrFO2/c1-4-21-16-8-5-11(2)9-14(16)17(18)13-7-6-12(20-3)10-15(13)19/h5-10,17H,4H2,1-3H3. The van der Waals surface area contributed by atoms with Crippen molar-refractivity contribution in [2.45, 2.75) is 18.7 Å². The topological polar surface area (TPSA) is 18.5 Å². The second kappa shape index (κ2) is 6.94. The molecule has 0 saturated heterocycles. The van der Waals surface area contributed by atoms with E-state index in [-0.39, 0.29) is 10.6 Å². The molecule has 0 N–H and O–H groups in total. The van der Waals surface area contributed by atoms with Gasteiger partial charge in [0.05, 0.1) is 18.5 Å². The van der Waals surface area contributed by atoms with Gasteiger partial charge in [-0.15, -0.1) is 0 Å². The third-order valence-corrected chi connectivity index (χ3v) is 4.21. The van der Waals surface area contributed by atoms with Crippen molar-refractivity contribution in [3.05, 3.63) is 58.9 Å². The molecule has 0 heterocycles. The van der Waals surface area contributed by atoms with Gasteiger partial charge in [-0.25, -0.2) is 4.39 Å². The summed E-state index contributed by atoms with van der Waals surface area (Å²) in [7, 11) is 1.52. The molecule has 0 saturated carbocycles. The van der Waals surface area contributed by atoms with Crippen molar-refractivity contribution in [3.63, 3.8) is 0 Å². The van der Waals surface area contributed by atoms with E-state index in [2.05, 4.69) is 15.9 Å². The number of hydrogen-bond acceptors (Lipinski definition) is 2. The van der Waals surface area contributed by atoms with Gasteiger partial charge in [0.15, 0.2) is 0 Å². The fraction of sp³-hybridized carbons (Fsp3) is 0.294. The Kier molecular flexibility index (Phi) is 5.23.